The Labute approximate surface area is 368 Å². The number of ketones is 2. The first kappa shape index (κ1) is 44.7. The van der Waals surface area contributed by atoms with Gasteiger partial charge in [0.25, 0.3) is 11.8 Å². The number of ether oxygens (including phenoxy) is 3. The summed E-state index contributed by atoms with van der Waals surface area (Å²) < 4.78 is 35.1. The number of allylic oxidation sites excluding steroid dienone is 4. The molecular weight excluding hydrogens is 832 g/mol. The van der Waals surface area contributed by atoms with Crippen molar-refractivity contribution in [2.75, 3.05) is 18.5 Å². The molecule has 16 nitrogen and oxygen atoms in total. The van der Waals surface area contributed by atoms with Crippen molar-refractivity contribution in [3.8, 4) is 11.5 Å². The van der Waals surface area contributed by atoms with Crippen LogP contribution in [-0.4, -0.2) is 105 Å². The highest BCUT2D eigenvalue weighted by Crippen LogP contribution is 2.70. The van der Waals surface area contributed by atoms with Crippen LogP contribution in [0.15, 0.2) is 84.5 Å². The molecule has 4 aliphatic carbocycles. The first-order valence-corrected chi connectivity index (χ1v) is 21.5. The molecule has 0 spiro atoms. The predicted octanol–water partition coefficient (Wildman–Crippen LogP) is 3.29. The summed E-state index contributed by atoms with van der Waals surface area (Å²) in [6.07, 6.45) is 3.03. The third-order valence-corrected chi connectivity index (χ3v) is 14.3. The van der Waals surface area contributed by atoms with E-state index in [4.69, 9.17) is 14.2 Å². The molecule has 5 amide bonds. The molecule has 0 bridgehead atoms. The average molecular weight is 883 g/mol. The lowest BCUT2D eigenvalue weighted by atomic mass is 9.46. The SMILES string of the molecule is C[C@H](NC(=O)CCN1C(=O)C=CC1=O)C(=O)N[C@@H](C)C(=O)Nc1ccc(Oc2ccc([C@@H]3O[C@@H]4C[C@H]5[C@@H]6C[C@H](F)C7=CC(=O)C=C[C@]7(C)[C@H]6[C@@H](O)C[C@]5(C)[C@]4(C(=O)CO)O3)cc2)cc1. The summed E-state index contributed by atoms with van der Waals surface area (Å²) in [7, 11) is 0. The average Bonchev–Trinajstić information content (AvgIpc) is 3.88. The van der Waals surface area contributed by atoms with Gasteiger partial charge < -0.3 is 40.4 Å². The van der Waals surface area contributed by atoms with Crippen LogP contribution in [0.2, 0.25) is 0 Å². The van der Waals surface area contributed by atoms with Crippen LogP contribution in [0.3, 0.4) is 0 Å². The van der Waals surface area contributed by atoms with Crippen molar-refractivity contribution < 1.29 is 62.4 Å². The molecule has 0 unspecified atom stereocenters. The lowest BCUT2D eigenvalue weighted by Gasteiger charge is -2.60. The van der Waals surface area contributed by atoms with E-state index in [2.05, 4.69) is 16.0 Å². The Morgan fingerprint density at radius 3 is 2.20 bits per heavy atom. The van der Waals surface area contributed by atoms with E-state index in [9.17, 15) is 43.8 Å². The molecule has 64 heavy (non-hydrogen) atoms. The van der Waals surface area contributed by atoms with Gasteiger partial charge in [-0.15, -0.1) is 0 Å². The number of halogens is 1. The van der Waals surface area contributed by atoms with Gasteiger partial charge in [-0.25, -0.2) is 4.39 Å². The number of alkyl halides is 1. The van der Waals surface area contributed by atoms with Crippen LogP contribution in [0.25, 0.3) is 0 Å². The van der Waals surface area contributed by atoms with Gasteiger partial charge in [0.2, 0.25) is 17.7 Å². The Bertz CT molecular complexity index is 2350. The van der Waals surface area contributed by atoms with Crippen molar-refractivity contribution in [3.05, 3.63) is 90.0 Å². The molecule has 4 fully saturated rings. The minimum atomic E-state index is -1.60. The van der Waals surface area contributed by atoms with E-state index in [1.165, 1.54) is 26.0 Å². The van der Waals surface area contributed by atoms with E-state index in [0.29, 0.717) is 34.7 Å². The van der Waals surface area contributed by atoms with Crippen molar-refractivity contribution in [1.29, 1.82) is 0 Å². The zero-order valence-corrected chi connectivity index (χ0v) is 35.7. The summed E-state index contributed by atoms with van der Waals surface area (Å²) in [5, 5.41) is 29.9. The number of carbonyl (C=O) groups is 7. The Morgan fingerprint density at radius 2 is 1.55 bits per heavy atom. The Hall–Kier alpha value is -5.88. The summed E-state index contributed by atoms with van der Waals surface area (Å²) in [5.41, 5.74) is -2.09. The summed E-state index contributed by atoms with van der Waals surface area (Å²) in [6, 6.07) is 11.4. The highest BCUT2D eigenvalue weighted by molar-refractivity contribution is 6.13. The molecule has 2 heterocycles. The van der Waals surface area contributed by atoms with Crippen LogP contribution in [0.4, 0.5) is 10.1 Å². The zero-order valence-electron chi connectivity index (χ0n) is 35.7. The van der Waals surface area contributed by atoms with Crippen LogP contribution < -0.4 is 20.7 Å². The van der Waals surface area contributed by atoms with Gasteiger partial charge in [0, 0.05) is 53.1 Å². The quantitative estimate of drug-likeness (QED) is 0.183. The number of nitrogens with zero attached hydrogens (tertiary/aromatic N) is 1. The largest absolute Gasteiger partial charge is 0.457 e. The van der Waals surface area contributed by atoms with Crippen molar-refractivity contribution in [3.63, 3.8) is 0 Å². The Kier molecular flexibility index (Phi) is 11.8. The number of benzene rings is 2. The first-order chi connectivity index (χ1) is 30.4. The number of carbonyl (C=O) groups excluding carboxylic acids is 7. The lowest BCUT2D eigenvalue weighted by Crippen LogP contribution is -2.64. The Balaban J connectivity index is 0.855. The monoisotopic (exact) mass is 882 g/mol. The highest BCUT2D eigenvalue weighted by atomic mass is 19.1. The van der Waals surface area contributed by atoms with Crippen LogP contribution in [0, 0.1) is 28.6 Å². The third-order valence-electron chi connectivity index (χ3n) is 14.3. The smallest absolute Gasteiger partial charge is 0.253 e. The van der Waals surface area contributed by atoms with Gasteiger partial charge in [-0.2, -0.15) is 0 Å². The van der Waals surface area contributed by atoms with E-state index in [-0.39, 0.29) is 43.4 Å². The highest BCUT2D eigenvalue weighted by Gasteiger charge is 2.76. The molecule has 1 saturated heterocycles. The van der Waals surface area contributed by atoms with Gasteiger partial charge in [0.1, 0.15) is 36.4 Å². The number of nitrogens with one attached hydrogen (secondary N) is 3. The molecule has 12 atom stereocenters. The van der Waals surface area contributed by atoms with Crippen LogP contribution in [-0.2, 0) is 43.0 Å². The minimum absolute atomic E-state index is 0.0859. The maximum atomic E-state index is 15.9. The van der Waals surface area contributed by atoms with Gasteiger partial charge >= 0.3 is 0 Å². The summed E-state index contributed by atoms with van der Waals surface area (Å²) in [5.74, 6) is -3.66. The molecule has 338 valence electrons. The molecule has 2 aliphatic heterocycles. The molecule has 2 aromatic carbocycles. The van der Waals surface area contributed by atoms with E-state index in [1.807, 2.05) is 13.8 Å². The summed E-state index contributed by atoms with van der Waals surface area (Å²) >= 11 is 0. The number of imide groups is 1. The molecule has 0 radical (unpaired) electrons. The number of fused-ring (bicyclic) bond motifs is 7. The molecular formula is C47H51FN4O12. The number of hydrogen-bond donors (Lipinski definition) is 5. The predicted molar refractivity (Wildman–Crippen MR) is 224 cm³/mol. The molecule has 5 N–H and O–H groups in total. The van der Waals surface area contributed by atoms with E-state index < -0.39 is 101 Å². The van der Waals surface area contributed by atoms with E-state index in [0.717, 1.165) is 17.1 Å². The molecule has 0 aromatic heterocycles. The maximum absolute atomic E-state index is 15.9. The molecule has 3 saturated carbocycles. The zero-order chi connectivity index (χ0) is 45.9. The standard InChI is InChI=1S/C47H51FN4O12/c1-24(49-38(57)16-18-52-39(58)13-14-40(52)59)42(60)50-25(2)43(61)51-27-7-11-30(12-8-27)62-29-9-5-26(6-10-29)44-63-37-21-32-31-20-34(48)33-19-28(54)15-17-45(33,3)41(31)35(55)22-46(32,4)47(37,64-44)36(56)23-53/h5-15,17,19,24-25,31-32,34-35,37,41,44,53,55H,16,18,20-23H2,1-4H3,(H,49,57)(H,50,60)(H,51,61)/t24-,25-,31-,32-,34-,35-,37+,41+,44+,45-,46-,47+/m0/s1. The van der Waals surface area contributed by atoms with Gasteiger partial charge in [-0.3, -0.25) is 38.5 Å². The number of anilines is 1. The van der Waals surface area contributed by atoms with Crippen LogP contribution in [0.1, 0.15) is 65.2 Å². The second-order valence-electron chi connectivity index (χ2n) is 18.0. The number of hydrogen-bond acceptors (Lipinski definition) is 12. The third kappa shape index (κ3) is 7.67. The van der Waals surface area contributed by atoms with Crippen molar-refractivity contribution in [2.24, 2.45) is 28.6 Å². The normalized spacial score (nSPS) is 33.3. The van der Waals surface area contributed by atoms with Gasteiger partial charge in [0.15, 0.2) is 23.5 Å². The molecule has 8 rings (SSSR count). The van der Waals surface area contributed by atoms with Crippen molar-refractivity contribution in [1.82, 2.24) is 15.5 Å². The molecule has 2 aromatic rings. The van der Waals surface area contributed by atoms with Gasteiger partial charge in [-0.05, 0) is 99.1 Å². The summed E-state index contributed by atoms with van der Waals surface area (Å²) in [6.45, 7) is 5.73. The number of Topliss-reactive ketones (excluding diaryl/α,β-unsaturated/α-hetero) is 1. The van der Waals surface area contributed by atoms with E-state index >= 15 is 4.39 Å². The van der Waals surface area contributed by atoms with Crippen molar-refractivity contribution >= 4 is 46.8 Å². The first-order valence-electron chi connectivity index (χ1n) is 21.5. The van der Waals surface area contributed by atoms with Crippen LogP contribution >= 0.6 is 0 Å². The fourth-order valence-corrected chi connectivity index (χ4v) is 11.2. The second kappa shape index (κ2) is 16.9. The minimum Gasteiger partial charge on any atom is -0.457 e. The molecule has 6 aliphatic rings. The fraction of sp³-hybridized carbons (Fsp3) is 0.468. The fourth-order valence-electron chi connectivity index (χ4n) is 11.2. The Morgan fingerprint density at radius 1 is 0.906 bits per heavy atom. The lowest BCUT2D eigenvalue weighted by molar-refractivity contribution is -0.203. The number of aliphatic hydroxyl groups is 2. The van der Waals surface area contributed by atoms with E-state index in [1.54, 1.807) is 54.6 Å². The van der Waals surface area contributed by atoms with Gasteiger partial charge in [0.05, 0.1) is 12.2 Å². The van der Waals surface area contributed by atoms with Crippen LogP contribution in [0.5, 0.6) is 11.5 Å². The number of rotatable bonds is 13. The number of aliphatic hydroxyl groups excluding tert-OH is 2. The maximum Gasteiger partial charge on any atom is 0.253 e. The second-order valence-corrected chi connectivity index (χ2v) is 18.0. The van der Waals surface area contributed by atoms with Crippen molar-refractivity contribution in [2.45, 2.75) is 95.7 Å². The topological polar surface area (TPSA) is 227 Å². The molecule has 17 heteroatoms. The van der Waals surface area contributed by atoms with Gasteiger partial charge in [-0.1, -0.05) is 32.1 Å². The summed E-state index contributed by atoms with van der Waals surface area (Å²) in [4.78, 5) is 88.3. The number of amides is 5.